The summed E-state index contributed by atoms with van der Waals surface area (Å²) in [6.45, 7) is 3.05. The molecule has 0 aliphatic rings. The molecule has 0 fully saturated rings. The lowest BCUT2D eigenvalue weighted by Gasteiger charge is -1.77. The summed E-state index contributed by atoms with van der Waals surface area (Å²) in [6.07, 6.45) is 2.12. The molecule has 0 saturated heterocycles. The van der Waals surface area contributed by atoms with Crippen LogP contribution in [0.4, 0.5) is 0 Å². The molecule has 0 radical (unpaired) electrons. The Morgan fingerprint density at radius 2 is 2.57 bits per heavy atom. The van der Waals surface area contributed by atoms with Crippen LogP contribution in [0, 0.1) is 11.5 Å². The van der Waals surface area contributed by atoms with Crippen molar-refractivity contribution in [1.82, 2.24) is 0 Å². The summed E-state index contributed by atoms with van der Waals surface area (Å²) in [7, 11) is 0. The first kappa shape index (κ1) is 5.70. The number of carbonyl (C=O) groups excluding carboxylic acids is 1. The second-order valence-electron chi connectivity index (χ2n) is 0.717. The van der Waals surface area contributed by atoms with E-state index in [0.29, 0.717) is 0 Å². The Kier molecular flexibility index (Phi) is 2.37. The highest BCUT2D eigenvalue weighted by molar-refractivity contribution is 5.81. The molecule has 0 amide bonds. The number of nitrogens with zero attached hydrogens (tertiary/aromatic N) is 1. The number of hydrogen-bond acceptors (Lipinski definition) is 3. The van der Waals surface area contributed by atoms with E-state index in [9.17, 15) is 4.79 Å². The summed E-state index contributed by atoms with van der Waals surface area (Å²) in [6, 6.07) is 0. The van der Waals surface area contributed by atoms with Crippen LogP contribution in [0.5, 0.6) is 0 Å². The Morgan fingerprint density at radius 1 is 2.00 bits per heavy atom. The van der Waals surface area contributed by atoms with Gasteiger partial charge in [-0.1, -0.05) is 6.58 Å². The van der Waals surface area contributed by atoms with Gasteiger partial charge >= 0.3 is 5.97 Å². The number of esters is 1. The number of ether oxygens (including phenoxy) is 1. The third-order valence-electron chi connectivity index (χ3n) is 0.313. The number of hydrogen-bond donors (Lipinski definition) is 0. The highest BCUT2D eigenvalue weighted by Crippen LogP contribution is 1.71. The standard InChI is InChI=1S/C4H3NO2/c1-2-4(6)7-3-5/h2H,1H2. The Hall–Kier alpha value is -1.30. The van der Waals surface area contributed by atoms with Gasteiger partial charge in [-0.15, -0.1) is 5.26 Å². The Balaban J connectivity index is 3.42. The fraction of sp³-hybridized carbons (Fsp3) is 0. The van der Waals surface area contributed by atoms with Crippen LogP contribution in [0.2, 0.25) is 0 Å². The molecule has 0 aromatic heterocycles. The molecule has 36 valence electrons. The van der Waals surface area contributed by atoms with Crippen molar-refractivity contribution >= 4 is 5.97 Å². The molecule has 0 aromatic carbocycles. The van der Waals surface area contributed by atoms with Gasteiger partial charge in [-0.25, -0.2) is 4.79 Å². The Morgan fingerprint density at radius 3 is 2.71 bits per heavy atom. The SMILES string of the molecule is C=CC(=O)OC#N. The minimum absolute atomic E-state index is 0.720. The average Bonchev–Trinajstić information content (AvgIpc) is 1.68. The zero-order valence-corrected chi connectivity index (χ0v) is 3.55. The largest absolute Gasteiger partial charge is 0.347 e. The van der Waals surface area contributed by atoms with Gasteiger partial charge in [0.2, 0.25) is 0 Å². The highest BCUT2D eigenvalue weighted by Gasteiger charge is 1.87. The number of rotatable bonds is 1. The second kappa shape index (κ2) is 2.91. The van der Waals surface area contributed by atoms with E-state index in [2.05, 4.69) is 11.3 Å². The lowest BCUT2D eigenvalue weighted by atomic mass is 10.7. The number of carbonyl (C=O) groups is 1. The predicted octanol–water partition coefficient (Wildman–Crippen LogP) is 0.197. The van der Waals surface area contributed by atoms with Crippen molar-refractivity contribution in [1.29, 1.82) is 5.26 Å². The van der Waals surface area contributed by atoms with Crippen molar-refractivity contribution in [2.75, 3.05) is 0 Å². The first-order valence-electron chi connectivity index (χ1n) is 1.53. The van der Waals surface area contributed by atoms with Crippen LogP contribution in [0.15, 0.2) is 12.7 Å². The van der Waals surface area contributed by atoms with Crippen LogP contribution in [0.1, 0.15) is 0 Å². The van der Waals surface area contributed by atoms with Crippen LogP contribution in [0.3, 0.4) is 0 Å². The van der Waals surface area contributed by atoms with Crippen molar-refractivity contribution in [3.8, 4) is 6.26 Å². The van der Waals surface area contributed by atoms with Gasteiger partial charge in [0, 0.05) is 6.08 Å². The van der Waals surface area contributed by atoms with Gasteiger partial charge in [-0.05, 0) is 0 Å². The molecule has 0 unspecified atom stereocenters. The van der Waals surface area contributed by atoms with Gasteiger partial charge in [-0.2, -0.15) is 0 Å². The molecule has 0 aliphatic carbocycles. The van der Waals surface area contributed by atoms with E-state index in [-0.39, 0.29) is 0 Å². The fourth-order valence-electron chi connectivity index (χ4n) is 0.0867. The molecule has 0 rings (SSSR count). The van der Waals surface area contributed by atoms with Gasteiger partial charge in [0.1, 0.15) is 0 Å². The maximum atomic E-state index is 9.85. The van der Waals surface area contributed by atoms with Gasteiger partial charge in [-0.3, -0.25) is 0 Å². The summed E-state index contributed by atoms with van der Waals surface area (Å²) in [5, 5.41) is 7.63. The molecule has 0 atom stereocenters. The molecule has 0 aliphatic heterocycles. The monoisotopic (exact) mass is 97.0 g/mol. The summed E-state index contributed by atoms with van der Waals surface area (Å²) in [5.41, 5.74) is 0. The first-order chi connectivity index (χ1) is 3.31. The Labute approximate surface area is 40.8 Å². The van der Waals surface area contributed by atoms with Crippen molar-refractivity contribution in [3.63, 3.8) is 0 Å². The van der Waals surface area contributed by atoms with Crippen molar-refractivity contribution in [3.05, 3.63) is 12.7 Å². The molecular formula is C4H3NO2. The van der Waals surface area contributed by atoms with Gasteiger partial charge in [0.15, 0.2) is 0 Å². The molecule has 0 spiro atoms. The maximum absolute atomic E-state index is 9.85. The minimum atomic E-state index is -0.720. The first-order valence-corrected chi connectivity index (χ1v) is 1.53. The lowest BCUT2D eigenvalue weighted by Crippen LogP contribution is -1.91. The van der Waals surface area contributed by atoms with Crippen LogP contribution in [-0.2, 0) is 9.53 Å². The normalized spacial score (nSPS) is 6.14. The molecule has 7 heavy (non-hydrogen) atoms. The van der Waals surface area contributed by atoms with Crippen molar-refractivity contribution in [2.45, 2.75) is 0 Å². The van der Waals surface area contributed by atoms with E-state index in [1.165, 1.54) is 6.26 Å². The van der Waals surface area contributed by atoms with E-state index in [0.717, 1.165) is 6.08 Å². The molecule has 0 bridgehead atoms. The van der Waals surface area contributed by atoms with E-state index < -0.39 is 5.97 Å². The van der Waals surface area contributed by atoms with Crippen LogP contribution < -0.4 is 0 Å². The molecule has 0 N–H and O–H groups in total. The summed E-state index contributed by atoms with van der Waals surface area (Å²) in [5.74, 6) is -0.720. The van der Waals surface area contributed by atoms with Crippen LogP contribution in [-0.4, -0.2) is 5.97 Å². The molecule has 0 heterocycles. The molecular weight excluding hydrogens is 94.0 g/mol. The van der Waals surface area contributed by atoms with Gasteiger partial charge in [0.05, 0.1) is 0 Å². The third-order valence-corrected chi connectivity index (χ3v) is 0.313. The average molecular weight is 97.1 g/mol. The molecule has 3 heteroatoms. The highest BCUT2D eigenvalue weighted by atomic mass is 16.5. The quantitative estimate of drug-likeness (QED) is 0.267. The van der Waals surface area contributed by atoms with E-state index in [1.54, 1.807) is 0 Å². The van der Waals surface area contributed by atoms with Crippen LogP contribution >= 0.6 is 0 Å². The molecule has 3 nitrogen and oxygen atoms in total. The summed E-state index contributed by atoms with van der Waals surface area (Å²) < 4.78 is 3.74. The zero-order valence-electron chi connectivity index (χ0n) is 3.55. The van der Waals surface area contributed by atoms with E-state index in [1.807, 2.05) is 0 Å². The molecule has 0 aromatic rings. The third kappa shape index (κ3) is 2.50. The second-order valence-corrected chi connectivity index (χ2v) is 0.717. The summed E-state index contributed by atoms with van der Waals surface area (Å²) in [4.78, 5) is 9.85. The van der Waals surface area contributed by atoms with Gasteiger partial charge in [0.25, 0.3) is 6.26 Å². The smallest absolute Gasteiger partial charge is 0.345 e. The van der Waals surface area contributed by atoms with Crippen LogP contribution in [0.25, 0.3) is 0 Å². The van der Waals surface area contributed by atoms with Crippen molar-refractivity contribution < 1.29 is 9.53 Å². The molecule has 0 saturated carbocycles. The van der Waals surface area contributed by atoms with E-state index >= 15 is 0 Å². The topological polar surface area (TPSA) is 50.1 Å². The predicted molar refractivity (Wildman–Crippen MR) is 21.9 cm³/mol. The lowest BCUT2D eigenvalue weighted by molar-refractivity contribution is -0.131. The minimum Gasteiger partial charge on any atom is -0.347 e. The maximum Gasteiger partial charge on any atom is 0.345 e. The van der Waals surface area contributed by atoms with Gasteiger partial charge < -0.3 is 4.74 Å². The van der Waals surface area contributed by atoms with E-state index in [4.69, 9.17) is 5.26 Å². The number of nitriles is 1. The summed E-state index contributed by atoms with van der Waals surface area (Å²) >= 11 is 0. The van der Waals surface area contributed by atoms with Crippen molar-refractivity contribution in [2.24, 2.45) is 0 Å². The zero-order chi connectivity index (χ0) is 5.70. The Bertz CT molecular complexity index is 122. The fourth-order valence-corrected chi connectivity index (χ4v) is 0.0867.